The number of ether oxygens (including phenoxy) is 2. The Balaban J connectivity index is 2.50. The zero-order valence-electron chi connectivity index (χ0n) is 12.6. The second-order valence-electron chi connectivity index (χ2n) is 4.80. The van der Waals surface area contributed by atoms with Gasteiger partial charge in [0.1, 0.15) is 12.4 Å². The van der Waals surface area contributed by atoms with E-state index in [9.17, 15) is 9.90 Å². The molecule has 0 aliphatic rings. The number of hydrogen-bond acceptors (Lipinski definition) is 4. The average Bonchev–Trinajstić information content (AvgIpc) is 2.48. The first kappa shape index (κ1) is 17.2. The van der Waals surface area contributed by atoms with E-state index in [1.807, 2.05) is 13.8 Å². The highest BCUT2D eigenvalue weighted by Crippen LogP contribution is 2.14. The van der Waals surface area contributed by atoms with Crippen LogP contribution < -0.4 is 10.1 Å². The Morgan fingerprint density at radius 2 is 2.24 bits per heavy atom. The van der Waals surface area contributed by atoms with Crippen LogP contribution in [0.2, 0.25) is 0 Å². The van der Waals surface area contributed by atoms with Gasteiger partial charge in [-0.05, 0) is 37.6 Å². The highest BCUT2D eigenvalue weighted by Gasteiger charge is 2.10. The molecule has 0 saturated carbocycles. The van der Waals surface area contributed by atoms with Gasteiger partial charge in [0.05, 0.1) is 12.7 Å². The van der Waals surface area contributed by atoms with Gasteiger partial charge >= 0.3 is 0 Å². The molecule has 0 spiro atoms. The highest BCUT2D eigenvalue weighted by atomic mass is 16.5. The normalized spacial score (nSPS) is 11.8. The first-order chi connectivity index (χ1) is 10.0. The van der Waals surface area contributed by atoms with Gasteiger partial charge in [0.15, 0.2) is 0 Å². The third-order valence-corrected chi connectivity index (χ3v) is 2.59. The summed E-state index contributed by atoms with van der Waals surface area (Å²) in [4.78, 5) is 12.0. The van der Waals surface area contributed by atoms with E-state index in [1.54, 1.807) is 24.3 Å². The number of carbonyl (C=O) groups is 1. The van der Waals surface area contributed by atoms with E-state index in [0.29, 0.717) is 24.5 Å². The van der Waals surface area contributed by atoms with Crippen molar-refractivity contribution in [2.45, 2.75) is 20.0 Å². The van der Waals surface area contributed by atoms with Crippen LogP contribution >= 0.6 is 0 Å². The summed E-state index contributed by atoms with van der Waals surface area (Å²) in [6.45, 7) is 8.78. The lowest BCUT2D eigenvalue weighted by Gasteiger charge is -2.12. The molecule has 116 valence electrons. The molecule has 0 bridgehead atoms. The number of amides is 1. The second kappa shape index (κ2) is 9.15. The predicted molar refractivity (Wildman–Crippen MR) is 81.6 cm³/mol. The number of rotatable bonds is 9. The minimum Gasteiger partial charge on any atom is -0.489 e. The van der Waals surface area contributed by atoms with E-state index < -0.39 is 6.10 Å². The van der Waals surface area contributed by atoms with Crippen molar-refractivity contribution in [2.75, 3.05) is 26.4 Å². The summed E-state index contributed by atoms with van der Waals surface area (Å²) in [5.41, 5.74) is 1.39. The van der Waals surface area contributed by atoms with E-state index in [1.165, 1.54) is 0 Å². The molecule has 0 aromatic heterocycles. The standard InChI is InChI=1S/C16H23NO4/c1-4-20-11-14(18)9-17-16(19)13-6-5-7-15(8-13)21-10-12(2)3/h5-8,14,18H,2,4,9-11H2,1,3H3,(H,17,19)/t14-/m1/s1. The van der Waals surface area contributed by atoms with Crippen LogP contribution in [0.25, 0.3) is 0 Å². The molecule has 5 nitrogen and oxygen atoms in total. The van der Waals surface area contributed by atoms with Crippen LogP contribution in [0.15, 0.2) is 36.4 Å². The molecule has 2 N–H and O–H groups in total. The van der Waals surface area contributed by atoms with Crippen LogP contribution in [-0.2, 0) is 4.74 Å². The van der Waals surface area contributed by atoms with Crippen LogP contribution in [0.1, 0.15) is 24.2 Å². The molecule has 0 unspecified atom stereocenters. The van der Waals surface area contributed by atoms with E-state index in [-0.39, 0.29) is 19.1 Å². The van der Waals surface area contributed by atoms with Crippen molar-refractivity contribution in [3.63, 3.8) is 0 Å². The summed E-state index contributed by atoms with van der Waals surface area (Å²) in [6, 6.07) is 6.88. The number of nitrogens with one attached hydrogen (secondary N) is 1. The number of carbonyl (C=O) groups excluding carboxylic acids is 1. The maximum absolute atomic E-state index is 12.0. The molecule has 1 aromatic carbocycles. The molecule has 1 atom stereocenters. The quantitative estimate of drug-likeness (QED) is 0.681. The molecule has 0 aliphatic carbocycles. The lowest BCUT2D eigenvalue weighted by Crippen LogP contribution is -2.34. The number of hydrogen-bond donors (Lipinski definition) is 2. The van der Waals surface area contributed by atoms with Gasteiger partial charge in [-0.2, -0.15) is 0 Å². The van der Waals surface area contributed by atoms with E-state index >= 15 is 0 Å². The van der Waals surface area contributed by atoms with Gasteiger partial charge in [0.2, 0.25) is 0 Å². The lowest BCUT2D eigenvalue weighted by molar-refractivity contribution is 0.0418. The largest absolute Gasteiger partial charge is 0.489 e. The van der Waals surface area contributed by atoms with Crippen molar-refractivity contribution in [1.29, 1.82) is 0 Å². The van der Waals surface area contributed by atoms with Crippen molar-refractivity contribution in [1.82, 2.24) is 5.32 Å². The number of benzene rings is 1. The predicted octanol–water partition coefficient (Wildman–Crippen LogP) is 1.77. The van der Waals surface area contributed by atoms with Gasteiger partial charge < -0.3 is 19.9 Å². The fourth-order valence-electron chi connectivity index (χ4n) is 1.56. The number of aliphatic hydroxyl groups excluding tert-OH is 1. The zero-order valence-corrected chi connectivity index (χ0v) is 12.6. The second-order valence-corrected chi connectivity index (χ2v) is 4.80. The molecule has 21 heavy (non-hydrogen) atoms. The SMILES string of the molecule is C=C(C)COc1cccc(C(=O)NC[C@@H](O)COCC)c1. The summed E-state index contributed by atoms with van der Waals surface area (Å²) in [5.74, 6) is 0.354. The first-order valence-electron chi connectivity index (χ1n) is 6.94. The molecule has 0 fully saturated rings. The van der Waals surface area contributed by atoms with Crippen molar-refractivity contribution >= 4 is 5.91 Å². The maximum Gasteiger partial charge on any atom is 0.251 e. The third kappa shape index (κ3) is 6.92. The van der Waals surface area contributed by atoms with E-state index in [2.05, 4.69) is 11.9 Å². The number of aliphatic hydroxyl groups is 1. The monoisotopic (exact) mass is 293 g/mol. The highest BCUT2D eigenvalue weighted by molar-refractivity contribution is 5.94. The van der Waals surface area contributed by atoms with Crippen LogP contribution in [-0.4, -0.2) is 43.5 Å². The summed E-state index contributed by atoms with van der Waals surface area (Å²) in [5, 5.41) is 12.3. The van der Waals surface area contributed by atoms with Crippen molar-refractivity contribution in [2.24, 2.45) is 0 Å². The minimum atomic E-state index is -0.711. The van der Waals surface area contributed by atoms with Crippen molar-refractivity contribution < 1.29 is 19.4 Å². The smallest absolute Gasteiger partial charge is 0.251 e. The Labute approximate surface area is 125 Å². The molecular weight excluding hydrogens is 270 g/mol. The Hall–Kier alpha value is -1.85. The molecule has 0 heterocycles. The topological polar surface area (TPSA) is 67.8 Å². The van der Waals surface area contributed by atoms with Gasteiger partial charge in [0, 0.05) is 18.7 Å². The Kier molecular flexibility index (Phi) is 7.50. The summed E-state index contributed by atoms with van der Waals surface area (Å²) < 4.78 is 10.6. The van der Waals surface area contributed by atoms with Gasteiger partial charge in [-0.15, -0.1) is 0 Å². The summed E-state index contributed by atoms with van der Waals surface area (Å²) in [7, 11) is 0. The summed E-state index contributed by atoms with van der Waals surface area (Å²) in [6.07, 6.45) is -0.711. The van der Waals surface area contributed by atoms with Crippen LogP contribution in [0.5, 0.6) is 5.75 Å². The van der Waals surface area contributed by atoms with E-state index in [4.69, 9.17) is 9.47 Å². The Morgan fingerprint density at radius 3 is 2.90 bits per heavy atom. The van der Waals surface area contributed by atoms with Crippen molar-refractivity contribution in [3.8, 4) is 5.75 Å². The zero-order chi connectivity index (χ0) is 15.7. The molecule has 1 rings (SSSR count). The van der Waals surface area contributed by atoms with Crippen molar-refractivity contribution in [3.05, 3.63) is 42.0 Å². The molecule has 0 aliphatic heterocycles. The van der Waals surface area contributed by atoms with Gasteiger partial charge in [0.25, 0.3) is 5.91 Å². The molecule has 1 aromatic rings. The first-order valence-corrected chi connectivity index (χ1v) is 6.94. The molecule has 0 saturated heterocycles. The Bertz CT molecular complexity index is 473. The molecule has 1 amide bonds. The van der Waals surface area contributed by atoms with Crippen LogP contribution in [0.3, 0.4) is 0 Å². The Morgan fingerprint density at radius 1 is 1.48 bits per heavy atom. The fourth-order valence-corrected chi connectivity index (χ4v) is 1.56. The lowest BCUT2D eigenvalue weighted by atomic mass is 10.2. The average molecular weight is 293 g/mol. The van der Waals surface area contributed by atoms with Gasteiger partial charge in [-0.1, -0.05) is 12.6 Å². The molecule has 5 heteroatoms. The molecule has 0 radical (unpaired) electrons. The molecular formula is C16H23NO4. The van der Waals surface area contributed by atoms with Crippen LogP contribution in [0.4, 0.5) is 0 Å². The maximum atomic E-state index is 12.0. The van der Waals surface area contributed by atoms with E-state index in [0.717, 1.165) is 5.57 Å². The minimum absolute atomic E-state index is 0.148. The van der Waals surface area contributed by atoms with Gasteiger partial charge in [-0.3, -0.25) is 4.79 Å². The summed E-state index contributed by atoms with van der Waals surface area (Å²) >= 11 is 0. The third-order valence-electron chi connectivity index (χ3n) is 2.59. The van der Waals surface area contributed by atoms with Gasteiger partial charge in [-0.25, -0.2) is 0 Å². The van der Waals surface area contributed by atoms with Crippen LogP contribution in [0, 0.1) is 0 Å². The fraction of sp³-hybridized carbons (Fsp3) is 0.438.